The van der Waals surface area contributed by atoms with Crippen LogP contribution in [0.2, 0.25) is 10.4 Å². The van der Waals surface area contributed by atoms with Crippen LogP contribution in [0, 0.1) is 0 Å². The molecule has 0 radical (unpaired) electrons. The van der Waals surface area contributed by atoms with Crippen LogP contribution in [0.3, 0.4) is 0 Å². The molecule has 3 heterocycles. The monoisotopic (exact) mass is 581 g/mol. The number of amides is 1. The van der Waals surface area contributed by atoms with Crippen molar-refractivity contribution in [2.75, 3.05) is 45.1 Å². The Morgan fingerprint density at radius 2 is 2.11 bits per heavy atom. The first-order chi connectivity index (χ1) is 18.2. The standard InChI is InChI=1S/C27H36AsN7O3/c1-8-25(36)30-21-12-22(23(37-7)11-20(21)28(4)19-15-38-16-19)31-27-29-10-9-24(32-27)35-14-18(13-34(5)6)26(33-35)17(2)3/h8-12,14,17,19H,1,13,15-16H2,2-7H3,(H,30,36)(H,29,31,32). The van der Waals surface area contributed by atoms with Crippen LogP contribution in [0.5, 0.6) is 5.75 Å². The number of hydrogen-bond donors (Lipinski definition) is 2. The zero-order valence-corrected chi connectivity index (χ0v) is 24.7. The number of ether oxygens (including phenoxy) is 2. The molecule has 0 aliphatic carbocycles. The fraction of sp³-hybridized carbons (Fsp3) is 0.407. The molecule has 1 amide bonds. The molecule has 202 valence electrons. The van der Waals surface area contributed by atoms with E-state index in [0.29, 0.717) is 27.9 Å². The summed E-state index contributed by atoms with van der Waals surface area (Å²) in [5.41, 5.74) is 5.87. The van der Waals surface area contributed by atoms with E-state index in [-0.39, 0.29) is 11.8 Å². The van der Waals surface area contributed by atoms with E-state index in [1.807, 2.05) is 38.5 Å². The van der Waals surface area contributed by atoms with Crippen molar-refractivity contribution in [1.82, 2.24) is 24.6 Å². The van der Waals surface area contributed by atoms with Crippen molar-refractivity contribution < 1.29 is 14.3 Å². The van der Waals surface area contributed by atoms with Gasteiger partial charge >= 0.3 is 196 Å². The van der Waals surface area contributed by atoms with Gasteiger partial charge in [0.1, 0.15) is 0 Å². The van der Waals surface area contributed by atoms with E-state index in [9.17, 15) is 4.79 Å². The molecule has 38 heavy (non-hydrogen) atoms. The molecule has 3 aromatic rings. The zero-order chi connectivity index (χ0) is 27.4. The van der Waals surface area contributed by atoms with E-state index >= 15 is 0 Å². The Labute approximate surface area is 228 Å². The first-order valence-corrected chi connectivity index (χ1v) is 16.4. The minimum atomic E-state index is -1.50. The van der Waals surface area contributed by atoms with Gasteiger partial charge in [0.05, 0.1) is 0 Å². The van der Waals surface area contributed by atoms with E-state index in [1.165, 1.54) is 6.08 Å². The van der Waals surface area contributed by atoms with Crippen molar-refractivity contribution in [2.45, 2.75) is 36.7 Å². The first-order valence-electron chi connectivity index (χ1n) is 12.5. The number of carbonyl (C=O) groups is 1. The van der Waals surface area contributed by atoms with Gasteiger partial charge in [-0.2, -0.15) is 0 Å². The second kappa shape index (κ2) is 12.1. The number of hydrogen-bond acceptors (Lipinski definition) is 8. The molecule has 1 aromatic carbocycles. The summed E-state index contributed by atoms with van der Waals surface area (Å²) in [4.78, 5) is 23.5. The van der Waals surface area contributed by atoms with Crippen molar-refractivity contribution in [3.05, 3.63) is 54.5 Å². The van der Waals surface area contributed by atoms with Gasteiger partial charge in [-0.1, -0.05) is 13.8 Å². The van der Waals surface area contributed by atoms with Crippen molar-refractivity contribution in [1.29, 1.82) is 0 Å². The molecular weight excluding hydrogens is 545 g/mol. The predicted octanol–water partition coefficient (Wildman–Crippen LogP) is 3.46. The van der Waals surface area contributed by atoms with E-state index < -0.39 is 14.7 Å². The Kier molecular flexibility index (Phi) is 8.87. The van der Waals surface area contributed by atoms with Crippen LogP contribution < -0.4 is 19.7 Å². The number of nitrogens with one attached hydrogen (secondary N) is 2. The maximum absolute atomic E-state index is 12.3. The van der Waals surface area contributed by atoms with Crippen LogP contribution in [-0.2, 0) is 16.1 Å². The Bertz CT molecular complexity index is 1300. The molecule has 1 aliphatic rings. The van der Waals surface area contributed by atoms with E-state index in [1.54, 1.807) is 18.0 Å². The molecule has 1 saturated heterocycles. The molecule has 1 unspecified atom stereocenters. The average molecular weight is 582 g/mol. The summed E-state index contributed by atoms with van der Waals surface area (Å²) in [6, 6.07) is 5.72. The van der Waals surface area contributed by atoms with E-state index in [2.05, 4.69) is 46.7 Å². The molecule has 11 heteroatoms. The summed E-state index contributed by atoms with van der Waals surface area (Å²) < 4.78 is 14.6. The molecule has 0 saturated carbocycles. The van der Waals surface area contributed by atoms with Crippen LogP contribution in [0.1, 0.15) is 31.0 Å². The van der Waals surface area contributed by atoms with Gasteiger partial charge in [0.15, 0.2) is 0 Å². The summed E-state index contributed by atoms with van der Waals surface area (Å²) >= 11 is -1.50. The summed E-state index contributed by atoms with van der Waals surface area (Å²) in [6.07, 6.45) is 4.99. The van der Waals surface area contributed by atoms with Crippen molar-refractivity contribution in [3.63, 3.8) is 0 Å². The Balaban J connectivity index is 1.68. The van der Waals surface area contributed by atoms with Gasteiger partial charge < -0.3 is 4.90 Å². The second-order valence-electron chi connectivity index (χ2n) is 9.81. The fourth-order valence-corrected chi connectivity index (χ4v) is 8.13. The number of benzene rings is 1. The summed E-state index contributed by atoms with van der Waals surface area (Å²) in [6.45, 7) is 10.2. The van der Waals surface area contributed by atoms with Crippen LogP contribution in [-0.4, -0.2) is 79.6 Å². The van der Waals surface area contributed by atoms with Gasteiger partial charge in [0.2, 0.25) is 0 Å². The summed E-state index contributed by atoms with van der Waals surface area (Å²) in [5.74, 6) is 1.72. The third-order valence-corrected chi connectivity index (χ3v) is 11.6. The van der Waals surface area contributed by atoms with Crippen LogP contribution in [0.25, 0.3) is 5.82 Å². The number of methoxy groups -OCH3 is 1. The van der Waals surface area contributed by atoms with Crippen molar-refractivity contribution in [2.24, 2.45) is 0 Å². The van der Waals surface area contributed by atoms with E-state index in [4.69, 9.17) is 19.6 Å². The van der Waals surface area contributed by atoms with Gasteiger partial charge in [-0.3, -0.25) is 0 Å². The minimum absolute atomic E-state index is 0.263. The van der Waals surface area contributed by atoms with Crippen LogP contribution >= 0.6 is 0 Å². The fourth-order valence-electron chi connectivity index (χ4n) is 4.20. The number of nitrogens with zero attached hydrogens (tertiary/aromatic N) is 5. The molecule has 1 aliphatic heterocycles. The number of anilines is 3. The van der Waals surface area contributed by atoms with Gasteiger partial charge in [-0.25, -0.2) is 0 Å². The number of carbonyl (C=O) groups excluding carboxylic acids is 1. The molecule has 1 fully saturated rings. The van der Waals surface area contributed by atoms with Gasteiger partial charge in [-0.15, -0.1) is 0 Å². The Hall–Kier alpha value is -3.20. The molecular formula is C27H36AsN7O3. The maximum atomic E-state index is 12.3. The van der Waals surface area contributed by atoms with E-state index in [0.717, 1.165) is 41.1 Å². The SMILES string of the molecule is C=CC(=O)Nc1cc(Nc2nccc(-n3cc(CN(C)C)c(C(C)C)n3)n2)c(OC)cc1[As](C)C1COC1. The molecule has 0 spiro atoms. The average Bonchev–Trinajstić information content (AvgIpc) is 3.26. The van der Waals surface area contributed by atoms with Crippen LogP contribution in [0.4, 0.5) is 17.3 Å². The van der Waals surface area contributed by atoms with Crippen molar-refractivity contribution in [3.8, 4) is 11.6 Å². The van der Waals surface area contributed by atoms with Crippen molar-refractivity contribution >= 4 is 42.2 Å². The molecule has 1 atom stereocenters. The van der Waals surface area contributed by atoms with Gasteiger partial charge in [0, 0.05) is 0 Å². The predicted molar refractivity (Wildman–Crippen MR) is 152 cm³/mol. The van der Waals surface area contributed by atoms with Gasteiger partial charge in [0.25, 0.3) is 0 Å². The molecule has 2 N–H and O–H groups in total. The molecule has 4 rings (SSSR count). The third kappa shape index (κ3) is 6.26. The number of aromatic nitrogens is 4. The normalized spacial score (nSPS) is 14.3. The zero-order valence-electron chi connectivity index (χ0n) is 22.9. The molecule has 0 bridgehead atoms. The molecule has 2 aromatic heterocycles. The molecule has 10 nitrogen and oxygen atoms in total. The van der Waals surface area contributed by atoms with Gasteiger partial charge in [-0.05, 0) is 14.1 Å². The Morgan fingerprint density at radius 3 is 2.71 bits per heavy atom. The summed E-state index contributed by atoms with van der Waals surface area (Å²) in [7, 11) is 5.72. The topological polar surface area (TPSA) is 106 Å². The quantitative estimate of drug-likeness (QED) is 0.262. The summed E-state index contributed by atoms with van der Waals surface area (Å²) in [5, 5.41) is 11.1. The second-order valence-corrected chi connectivity index (χ2v) is 14.9. The first kappa shape index (κ1) is 27.8. The Morgan fingerprint density at radius 1 is 1.34 bits per heavy atom. The number of rotatable bonds is 11. The third-order valence-electron chi connectivity index (χ3n) is 6.29. The van der Waals surface area contributed by atoms with Crippen LogP contribution in [0.15, 0.2) is 43.2 Å².